The molecule has 0 bridgehead atoms. The van der Waals surface area contributed by atoms with Crippen molar-refractivity contribution in [3.8, 4) is 0 Å². The minimum Gasteiger partial charge on any atom is -0.308 e. The molecule has 17 heavy (non-hydrogen) atoms. The van der Waals surface area contributed by atoms with Crippen molar-refractivity contribution in [3.63, 3.8) is 0 Å². The molecule has 1 heterocycles. The summed E-state index contributed by atoms with van der Waals surface area (Å²) in [5, 5.41) is 0.231. The number of anilines is 1. The van der Waals surface area contributed by atoms with Crippen LogP contribution in [0.4, 0.5) is 14.6 Å². The smallest absolute Gasteiger partial charge is 0.152 e. The van der Waals surface area contributed by atoms with Gasteiger partial charge in [0.25, 0.3) is 0 Å². The Hall–Kier alpha value is -1.82. The SMILES string of the molecule is CC(C)c1nc(NN)c2cc(F)cc(F)c2n1. The van der Waals surface area contributed by atoms with Crippen molar-refractivity contribution in [2.45, 2.75) is 19.8 Å². The first kappa shape index (κ1) is 11.7. The highest BCUT2D eigenvalue weighted by Crippen LogP contribution is 2.25. The molecule has 0 atom stereocenters. The van der Waals surface area contributed by atoms with Crippen LogP contribution in [0.1, 0.15) is 25.6 Å². The van der Waals surface area contributed by atoms with Gasteiger partial charge in [-0.05, 0) is 6.07 Å². The van der Waals surface area contributed by atoms with Crippen molar-refractivity contribution < 1.29 is 8.78 Å². The Bertz CT molecular complexity index is 569. The van der Waals surface area contributed by atoms with Gasteiger partial charge in [-0.1, -0.05) is 13.8 Å². The van der Waals surface area contributed by atoms with Crippen molar-refractivity contribution in [3.05, 3.63) is 29.6 Å². The molecule has 4 nitrogen and oxygen atoms in total. The highest BCUT2D eigenvalue weighted by atomic mass is 19.1. The van der Waals surface area contributed by atoms with Crippen LogP contribution in [0.15, 0.2) is 12.1 Å². The van der Waals surface area contributed by atoms with Gasteiger partial charge in [-0.2, -0.15) is 0 Å². The molecular weight excluding hydrogens is 226 g/mol. The summed E-state index contributed by atoms with van der Waals surface area (Å²) >= 11 is 0. The second-order valence-electron chi connectivity index (χ2n) is 4.01. The molecule has 0 fully saturated rings. The summed E-state index contributed by atoms with van der Waals surface area (Å²) in [6, 6.07) is 1.94. The summed E-state index contributed by atoms with van der Waals surface area (Å²) in [5.41, 5.74) is 2.40. The topological polar surface area (TPSA) is 63.8 Å². The minimum absolute atomic E-state index is 0.0240. The van der Waals surface area contributed by atoms with Gasteiger partial charge < -0.3 is 5.43 Å². The molecule has 0 aliphatic heterocycles. The Balaban J connectivity index is 2.82. The van der Waals surface area contributed by atoms with E-state index in [2.05, 4.69) is 15.4 Å². The van der Waals surface area contributed by atoms with Gasteiger partial charge in [-0.25, -0.2) is 24.6 Å². The fourth-order valence-corrected chi connectivity index (χ4v) is 1.54. The average Bonchev–Trinajstić information content (AvgIpc) is 2.27. The maximum atomic E-state index is 13.6. The Kier molecular flexibility index (Phi) is 2.89. The first-order valence-corrected chi connectivity index (χ1v) is 5.16. The minimum atomic E-state index is -0.721. The highest BCUT2D eigenvalue weighted by molar-refractivity contribution is 5.89. The van der Waals surface area contributed by atoms with Crippen LogP contribution in [0.5, 0.6) is 0 Å². The van der Waals surface area contributed by atoms with E-state index in [4.69, 9.17) is 5.84 Å². The van der Waals surface area contributed by atoms with Gasteiger partial charge in [0.05, 0.1) is 0 Å². The predicted octanol–water partition coefficient (Wildman–Crippen LogP) is 2.32. The lowest BCUT2D eigenvalue weighted by Gasteiger charge is -2.10. The molecule has 0 radical (unpaired) electrons. The number of hydrogen-bond donors (Lipinski definition) is 2. The molecule has 3 N–H and O–H groups in total. The van der Waals surface area contributed by atoms with Gasteiger partial charge in [0.1, 0.15) is 17.2 Å². The Morgan fingerprint density at radius 2 is 1.94 bits per heavy atom. The van der Waals surface area contributed by atoms with Crippen LogP contribution in [0.25, 0.3) is 10.9 Å². The van der Waals surface area contributed by atoms with E-state index in [0.717, 1.165) is 12.1 Å². The third kappa shape index (κ3) is 2.03. The average molecular weight is 238 g/mol. The maximum Gasteiger partial charge on any atom is 0.152 e. The van der Waals surface area contributed by atoms with E-state index in [0.29, 0.717) is 5.82 Å². The lowest BCUT2D eigenvalue weighted by Crippen LogP contribution is -2.12. The summed E-state index contributed by atoms with van der Waals surface area (Å²) < 4.78 is 26.7. The zero-order valence-corrected chi connectivity index (χ0v) is 9.46. The summed E-state index contributed by atoms with van der Waals surface area (Å²) in [5.74, 6) is 4.59. The Morgan fingerprint density at radius 3 is 2.53 bits per heavy atom. The van der Waals surface area contributed by atoms with E-state index in [-0.39, 0.29) is 22.6 Å². The van der Waals surface area contributed by atoms with Crippen molar-refractivity contribution in [2.24, 2.45) is 5.84 Å². The number of nitrogen functional groups attached to an aromatic ring is 1. The standard InChI is InChI=1S/C11H12F2N4/c1-5(2)10-15-9-7(11(16-10)17-14)3-6(12)4-8(9)13/h3-5H,14H2,1-2H3,(H,15,16,17). The van der Waals surface area contributed by atoms with Gasteiger partial charge in [0.15, 0.2) is 11.6 Å². The van der Waals surface area contributed by atoms with E-state index in [1.807, 2.05) is 13.8 Å². The van der Waals surface area contributed by atoms with Gasteiger partial charge in [-0.3, -0.25) is 0 Å². The molecule has 90 valence electrons. The van der Waals surface area contributed by atoms with E-state index in [1.165, 1.54) is 0 Å². The third-order valence-electron chi connectivity index (χ3n) is 2.39. The van der Waals surface area contributed by atoms with Gasteiger partial charge >= 0.3 is 0 Å². The Labute approximate surface area is 96.8 Å². The van der Waals surface area contributed by atoms with Crippen LogP contribution in [0.2, 0.25) is 0 Å². The number of rotatable bonds is 2. The lowest BCUT2D eigenvalue weighted by molar-refractivity contribution is 0.589. The number of hydrogen-bond acceptors (Lipinski definition) is 4. The summed E-state index contributed by atoms with van der Waals surface area (Å²) in [7, 11) is 0. The largest absolute Gasteiger partial charge is 0.308 e. The quantitative estimate of drug-likeness (QED) is 0.622. The zero-order chi connectivity index (χ0) is 12.6. The van der Waals surface area contributed by atoms with Crippen molar-refractivity contribution in [1.82, 2.24) is 9.97 Å². The van der Waals surface area contributed by atoms with Gasteiger partial charge in [0.2, 0.25) is 0 Å². The van der Waals surface area contributed by atoms with Crippen molar-refractivity contribution in [1.29, 1.82) is 0 Å². The van der Waals surface area contributed by atoms with Gasteiger partial charge in [0, 0.05) is 17.4 Å². The molecule has 1 aromatic heterocycles. The first-order valence-electron chi connectivity index (χ1n) is 5.16. The molecule has 0 saturated heterocycles. The number of aromatic nitrogens is 2. The molecule has 2 aromatic rings. The molecule has 0 spiro atoms. The van der Waals surface area contributed by atoms with E-state index in [1.54, 1.807) is 0 Å². The highest BCUT2D eigenvalue weighted by Gasteiger charge is 2.14. The molecule has 1 aromatic carbocycles. The molecule has 0 unspecified atom stereocenters. The number of hydrazine groups is 1. The molecule has 2 rings (SSSR count). The number of nitrogens with zero attached hydrogens (tertiary/aromatic N) is 2. The van der Waals surface area contributed by atoms with E-state index in [9.17, 15) is 8.78 Å². The summed E-state index contributed by atoms with van der Waals surface area (Å²) in [6.07, 6.45) is 0. The van der Waals surface area contributed by atoms with E-state index >= 15 is 0 Å². The zero-order valence-electron chi connectivity index (χ0n) is 9.46. The maximum absolute atomic E-state index is 13.6. The predicted molar refractivity (Wildman–Crippen MR) is 61.4 cm³/mol. The second kappa shape index (κ2) is 4.21. The number of halogens is 2. The fourth-order valence-electron chi connectivity index (χ4n) is 1.54. The molecule has 0 aliphatic carbocycles. The van der Waals surface area contributed by atoms with Crippen LogP contribution in [0, 0.1) is 11.6 Å². The molecule has 6 heteroatoms. The van der Waals surface area contributed by atoms with Crippen LogP contribution in [0.3, 0.4) is 0 Å². The monoisotopic (exact) mass is 238 g/mol. The lowest BCUT2D eigenvalue weighted by atomic mass is 10.1. The van der Waals surface area contributed by atoms with Crippen LogP contribution < -0.4 is 11.3 Å². The summed E-state index contributed by atoms with van der Waals surface area (Å²) in [4.78, 5) is 8.20. The number of benzene rings is 1. The number of fused-ring (bicyclic) bond motifs is 1. The summed E-state index contributed by atoms with van der Waals surface area (Å²) in [6.45, 7) is 3.76. The Morgan fingerprint density at radius 1 is 1.24 bits per heavy atom. The number of nitrogens with one attached hydrogen (secondary N) is 1. The van der Waals surface area contributed by atoms with Crippen molar-refractivity contribution >= 4 is 16.7 Å². The molecule has 0 amide bonds. The fraction of sp³-hybridized carbons (Fsp3) is 0.273. The molecular formula is C11H12F2N4. The second-order valence-corrected chi connectivity index (χ2v) is 4.01. The molecule has 0 saturated carbocycles. The number of nitrogens with two attached hydrogens (primary N) is 1. The third-order valence-corrected chi connectivity index (χ3v) is 2.39. The van der Waals surface area contributed by atoms with Crippen molar-refractivity contribution in [2.75, 3.05) is 5.43 Å². The first-order chi connectivity index (χ1) is 8.02. The molecule has 0 aliphatic rings. The van der Waals surface area contributed by atoms with Crippen LogP contribution in [-0.4, -0.2) is 9.97 Å². The van der Waals surface area contributed by atoms with Crippen LogP contribution >= 0.6 is 0 Å². The van der Waals surface area contributed by atoms with E-state index < -0.39 is 11.6 Å². The normalized spacial score (nSPS) is 11.2. The van der Waals surface area contributed by atoms with Crippen LogP contribution in [-0.2, 0) is 0 Å². The van der Waals surface area contributed by atoms with Gasteiger partial charge in [-0.15, -0.1) is 0 Å².